The van der Waals surface area contributed by atoms with E-state index in [2.05, 4.69) is 4.98 Å². The summed E-state index contributed by atoms with van der Waals surface area (Å²) in [5, 5.41) is 10.6. The summed E-state index contributed by atoms with van der Waals surface area (Å²) < 4.78 is 10.1. The van der Waals surface area contributed by atoms with Crippen molar-refractivity contribution in [1.29, 1.82) is 0 Å². The average molecular weight is 358 g/mol. The van der Waals surface area contributed by atoms with Crippen LogP contribution in [-0.4, -0.2) is 41.2 Å². The third-order valence-corrected chi connectivity index (χ3v) is 3.72. The van der Waals surface area contributed by atoms with E-state index in [0.717, 1.165) is 0 Å². The van der Waals surface area contributed by atoms with Gasteiger partial charge in [-0.15, -0.1) is 0 Å². The number of nitrogens with zero attached hydrogens (tertiary/aromatic N) is 3. The Morgan fingerprint density at radius 2 is 1.88 bits per heavy atom. The maximum atomic E-state index is 11.7. The van der Waals surface area contributed by atoms with Crippen LogP contribution in [0.2, 0.25) is 0 Å². The van der Waals surface area contributed by atoms with E-state index in [1.165, 1.54) is 30.5 Å². The highest BCUT2D eigenvalue weighted by Crippen LogP contribution is 2.22. The molecule has 134 valence electrons. The van der Waals surface area contributed by atoms with Gasteiger partial charge in [0.1, 0.15) is 17.7 Å². The van der Waals surface area contributed by atoms with Crippen LogP contribution in [0.3, 0.4) is 0 Å². The maximum absolute atomic E-state index is 11.7. The van der Waals surface area contributed by atoms with E-state index >= 15 is 0 Å². The predicted octanol–water partition coefficient (Wildman–Crippen LogP) is 1.49. The lowest BCUT2D eigenvalue weighted by molar-refractivity contribution is -0.384. The van der Waals surface area contributed by atoms with Crippen LogP contribution in [0.5, 0.6) is 5.75 Å². The molecule has 1 aromatic heterocycles. The fourth-order valence-electron chi connectivity index (χ4n) is 2.31. The van der Waals surface area contributed by atoms with Crippen LogP contribution in [0.4, 0.5) is 16.3 Å². The van der Waals surface area contributed by atoms with E-state index in [0.29, 0.717) is 24.5 Å². The standard InChI is InChI=1S/C16H14N4O6/c17-15(21)10-1-6-14(18-7-10)19-8-13(9-19)26-16(22)25-12-4-2-11(3-5-12)20(23)24/h1-7,13H,8-9H2,(H2,17,21). The molecule has 10 nitrogen and oxygen atoms in total. The summed E-state index contributed by atoms with van der Waals surface area (Å²) in [4.78, 5) is 38.7. The smallest absolute Gasteiger partial charge is 0.427 e. The summed E-state index contributed by atoms with van der Waals surface area (Å²) >= 11 is 0. The molecule has 0 aliphatic carbocycles. The molecule has 0 spiro atoms. The van der Waals surface area contributed by atoms with Crippen molar-refractivity contribution in [3.63, 3.8) is 0 Å². The number of primary amides is 1. The highest BCUT2D eigenvalue weighted by atomic mass is 16.7. The van der Waals surface area contributed by atoms with Crippen molar-refractivity contribution in [3.8, 4) is 5.75 Å². The van der Waals surface area contributed by atoms with E-state index in [9.17, 15) is 19.7 Å². The van der Waals surface area contributed by atoms with Crippen molar-refractivity contribution < 1.29 is 24.0 Å². The Balaban J connectivity index is 1.47. The molecule has 10 heteroatoms. The molecule has 1 amide bonds. The summed E-state index contributed by atoms with van der Waals surface area (Å²) in [5.41, 5.74) is 5.36. The zero-order valence-corrected chi connectivity index (χ0v) is 13.4. The maximum Gasteiger partial charge on any atom is 0.514 e. The van der Waals surface area contributed by atoms with Crippen LogP contribution in [-0.2, 0) is 4.74 Å². The van der Waals surface area contributed by atoms with Gasteiger partial charge < -0.3 is 20.1 Å². The van der Waals surface area contributed by atoms with E-state index in [1.54, 1.807) is 12.1 Å². The predicted molar refractivity (Wildman–Crippen MR) is 89.0 cm³/mol. The lowest BCUT2D eigenvalue weighted by Gasteiger charge is -2.38. The minimum absolute atomic E-state index is 0.102. The Kier molecular flexibility index (Phi) is 4.65. The Labute approximate surface area is 147 Å². The van der Waals surface area contributed by atoms with Gasteiger partial charge in [0.15, 0.2) is 0 Å². The molecule has 2 N–H and O–H groups in total. The second-order valence-electron chi connectivity index (χ2n) is 5.52. The number of aromatic nitrogens is 1. The van der Waals surface area contributed by atoms with Crippen LogP contribution < -0.4 is 15.4 Å². The van der Waals surface area contributed by atoms with Gasteiger partial charge in [-0.3, -0.25) is 14.9 Å². The molecular formula is C16H14N4O6. The van der Waals surface area contributed by atoms with Crippen molar-refractivity contribution in [2.45, 2.75) is 6.10 Å². The molecule has 0 saturated carbocycles. The molecule has 2 aromatic rings. The molecule has 0 bridgehead atoms. The minimum atomic E-state index is -0.888. The number of rotatable bonds is 5. The average Bonchev–Trinajstić information content (AvgIpc) is 2.58. The van der Waals surface area contributed by atoms with Gasteiger partial charge in [-0.05, 0) is 24.3 Å². The molecule has 0 atom stereocenters. The zero-order valence-electron chi connectivity index (χ0n) is 13.4. The molecule has 1 aromatic carbocycles. The number of benzene rings is 1. The van der Waals surface area contributed by atoms with Crippen molar-refractivity contribution in [2.24, 2.45) is 5.73 Å². The fraction of sp³-hybridized carbons (Fsp3) is 0.188. The minimum Gasteiger partial charge on any atom is -0.427 e. The van der Waals surface area contributed by atoms with Crippen molar-refractivity contribution in [1.82, 2.24) is 4.98 Å². The molecule has 3 rings (SSSR count). The summed E-state index contributed by atoms with van der Waals surface area (Å²) in [7, 11) is 0. The number of amides is 1. The highest BCUT2D eigenvalue weighted by molar-refractivity contribution is 5.92. The normalized spacial score (nSPS) is 13.6. The van der Waals surface area contributed by atoms with Gasteiger partial charge in [-0.1, -0.05) is 0 Å². The van der Waals surface area contributed by atoms with Crippen LogP contribution in [0, 0.1) is 10.1 Å². The Bertz CT molecular complexity index is 831. The molecule has 1 fully saturated rings. The number of pyridine rings is 1. The van der Waals surface area contributed by atoms with Gasteiger partial charge in [0.05, 0.1) is 23.6 Å². The van der Waals surface area contributed by atoms with Crippen LogP contribution >= 0.6 is 0 Å². The van der Waals surface area contributed by atoms with Gasteiger partial charge in [0, 0.05) is 18.3 Å². The first-order valence-electron chi connectivity index (χ1n) is 7.56. The molecule has 1 saturated heterocycles. The number of ether oxygens (including phenoxy) is 2. The number of carbonyl (C=O) groups excluding carboxylic acids is 2. The molecule has 0 radical (unpaired) electrons. The van der Waals surface area contributed by atoms with Gasteiger partial charge in [-0.2, -0.15) is 0 Å². The number of hydrogen-bond acceptors (Lipinski definition) is 8. The lowest BCUT2D eigenvalue weighted by Crippen LogP contribution is -2.53. The van der Waals surface area contributed by atoms with Crippen LogP contribution in [0.15, 0.2) is 42.6 Å². The summed E-state index contributed by atoms with van der Waals surface area (Å²) in [6, 6.07) is 8.32. The van der Waals surface area contributed by atoms with Gasteiger partial charge >= 0.3 is 6.16 Å². The largest absolute Gasteiger partial charge is 0.514 e. The molecule has 2 heterocycles. The van der Waals surface area contributed by atoms with E-state index < -0.39 is 17.0 Å². The monoisotopic (exact) mass is 358 g/mol. The summed E-state index contributed by atoms with van der Waals surface area (Å²) in [6.07, 6.45) is 0.132. The van der Waals surface area contributed by atoms with E-state index in [1.807, 2.05) is 4.90 Å². The van der Waals surface area contributed by atoms with Crippen molar-refractivity contribution >= 4 is 23.6 Å². The number of non-ortho nitro benzene ring substituents is 1. The number of anilines is 1. The quantitative estimate of drug-likeness (QED) is 0.367. The van der Waals surface area contributed by atoms with E-state index in [-0.39, 0.29) is 17.5 Å². The summed E-state index contributed by atoms with van der Waals surface area (Å²) in [6.45, 7) is 0.858. The third kappa shape index (κ3) is 3.86. The molecule has 1 aliphatic rings. The topological polar surface area (TPSA) is 138 Å². The number of nitro benzene ring substituents is 1. The van der Waals surface area contributed by atoms with Crippen LogP contribution in [0.25, 0.3) is 0 Å². The van der Waals surface area contributed by atoms with Gasteiger partial charge in [0.2, 0.25) is 5.91 Å². The molecule has 26 heavy (non-hydrogen) atoms. The second kappa shape index (κ2) is 7.05. The number of hydrogen-bond donors (Lipinski definition) is 1. The number of nitrogens with two attached hydrogens (primary N) is 1. The number of nitro groups is 1. The molecule has 0 unspecified atom stereocenters. The lowest BCUT2D eigenvalue weighted by atomic mass is 10.1. The third-order valence-electron chi connectivity index (χ3n) is 3.72. The first-order chi connectivity index (χ1) is 12.4. The molecule has 1 aliphatic heterocycles. The summed E-state index contributed by atoms with van der Waals surface area (Å²) in [5.74, 6) is 0.238. The van der Waals surface area contributed by atoms with Crippen molar-refractivity contribution in [3.05, 3.63) is 58.3 Å². The molecular weight excluding hydrogens is 344 g/mol. The second-order valence-corrected chi connectivity index (χ2v) is 5.52. The van der Waals surface area contributed by atoms with Crippen LogP contribution in [0.1, 0.15) is 10.4 Å². The van der Waals surface area contributed by atoms with E-state index in [4.69, 9.17) is 15.2 Å². The van der Waals surface area contributed by atoms with Gasteiger partial charge in [0.25, 0.3) is 5.69 Å². The highest BCUT2D eigenvalue weighted by Gasteiger charge is 2.31. The van der Waals surface area contributed by atoms with Crippen molar-refractivity contribution in [2.75, 3.05) is 18.0 Å². The van der Waals surface area contributed by atoms with Gasteiger partial charge in [-0.25, -0.2) is 9.78 Å². The Morgan fingerprint density at radius 3 is 2.42 bits per heavy atom. The fourth-order valence-corrected chi connectivity index (χ4v) is 2.31. The Hall–Kier alpha value is -3.69. The first kappa shape index (κ1) is 17.1. The Morgan fingerprint density at radius 1 is 1.19 bits per heavy atom. The first-order valence-corrected chi connectivity index (χ1v) is 7.56. The number of carbonyl (C=O) groups is 2. The zero-order chi connectivity index (χ0) is 18.7. The SMILES string of the molecule is NC(=O)c1ccc(N2CC(OC(=O)Oc3ccc([N+](=O)[O-])cc3)C2)nc1.